The van der Waals surface area contributed by atoms with Crippen molar-refractivity contribution in [1.29, 1.82) is 0 Å². The largest absolute Gasteiger partial charge is 0.398 e. The smallest absolute Gasteiger partial charge is 0.248 e. The first-order valence-electron chi connectivity index (χ1n) is 5.49. The van der Waals surface area contributed by atoms with Crippen molar-refractivity contribution in [2.75, 3.05) is 5.73 Å². The predicted molar refractivity (Wildman–Crippen MR) is 69.9 cm³/mol. The number of anilines is 1. The summed E-state index contributed by atoms with van der Waals surface area (Å²) in [7, 11) is -3.82. The van der Waals surface area contributed by atoms with Gasteiger partial charge >= 0.3 is 0 Å². The molecule has 20 heavy (non-hydrogen) atoms. The zero-order valence-corrected chi connectivity index (χ0v) is 11.1. The Kier molecular flexibility index (Phi) is 3.72. The van der Waals surface area contributed by atoms with Gasteiger partial charge in [-0.25, -0.2) is 13.1 Å². The van der Waals surface area contributed by atoms with Crippen LogP contribution in [0.15, 0.2) is 39.9 Å². The van der Waals surface area contributed by atoms with Crippen molar-refractivity contribution in [3.8, 4) is 0 Å². The molecule has 0 atom stereocenters. The Morgan fingerprint density at radius 3 is 2.65 bits per heavy atom. The fourth-order valence-corrected chi connectivity index (χ4v) is 2.63. The second kappa shape index (κ2) is 5.31. The van der Waals surface area contributed by atoms with E-state index in [1.807, 2.05) is 0 Å². The lowest BCUT2D eigenvalue weighted by Crippen LogP contribution is -2.24. The zero-order chi connectivity index (χ0) is 14.8. The number of sulfonamides is 1. The van der Waals surface area contributed by atoms with Crippen LogP contribution in [0.2, 0.25) is 0 Å². The van der Waals surface area contributed by atoms with Crippen LogP contribution in [-0.2, 0) is 16.6 Å². The third-order valence-corrected chi connectivity index (χ3v) is 3.99. The summed E-state index contributed by atoms with van der Waals surface area (Å²) in [6.07, 6.45) is 1.40. The van der Waals surface area contributed by atoms with Gasteiger partial charge in [0.1, 0.15) is 4.90 Å². The average Bonchev–Trinajstić information content (AvgIpc) is 2.89. The normalized spacial score (nSPS) is 11.4. The number of nitrogens with one attached hydrogen (secondary N) is 1. The van der Waals surface area contributed by atoms with Gasteiger partial charge in [0.25, 0.3) is 0 Å². The number of nitrogen functional groups attached to an aromatic ring is 1. The third kappa shape index (κ3) is 2.95. The maximum atomic E-state index is 12.1. The lowest BCUT2D eigenvalue weighted by Gasteiger charge is -2.08. The molecular formula is C11H12N4O4S. The van der Waals surface area contributed by atoms with Gasteiger partial charge < -0.3 is 16.0 Å². The Balaban J connectivity index is 2.23. The summed E-state index contributed by atoms with van der Waals surface area (Å²) in [5.41, 5.74) is 10.8. The molecule has 2 rings (SSSR count). The van der Waals surface area contributed by atoms with Gasteiger partial charge in [-0.3, -0.25) is 4.79 Å². The lowest BCUT2D eigenvalue weighted by molar-refractivity contribution is 0.1000. The van der Waals surface area contributed by atoms with E-state index in [-0.39, 0.29) is 22.7 Å². The molecule has 1 aromatic carbocycles. The summed E-state index contributed by atoms with van der Waals surface area (Å²) in [6.45, 7) is -0.0562. The molecule has 0 saturated heterocycles. The van der Waals surface area contributed by atoms with E-state index in [2.05, 4.69) is 9.88 Å². The van der Waals surface area contributed by atoms with Gasteiger partial charge in [-0.2, -0.15) is 0 Å². The van der Waals surface area contributed by atoms with E-state index < -0.39 is 15.9 Å². The number of carbonyl (C=O) groups excluding carboxylic acids is 1. The van der Waals surface area contributed by atoms with Gasteiger partial charge in [0.2, 0.25) is 15.9 Å². The van der Waals surface area contributed by atoms with Crippen LogP contribution >= 0.6 is 0 Å². The lowest BCUT2D eigenvalue weighted by atomic mass is 10.2. The monoisotopic (exact) mass is 296 g/mol. The molecule has 8 nitrogen and oxygen atoms in total. The van der Waals surface area contributed by atoms with Crippen molar-refractivity contribution in [2.24, 2.45) is 5.73 Å². The van der Waals surface area contributed by atoms with Crippen LogP contribution < -0.4 is 16.2 Å². The first-order valence-corrected chi connectivity index (χ1v) is 6.97. The van der Waals surface area contributed by atoms with Crippen molar-refractivity contribution < 1.29 is 17.7 Å². The fraction of sp³-hybridized carbons (Fsp3) is 0.0909. The van der Waals surface area contributed by atoms with Crippen LogP contribution in [0.25, 0.3) is 0 Å². The number of nitrogens with zero attached hydrogens (tertiary/aromatic N) is 1. The molecule has 2 aromatic rings. The highest BCUT2D eigenvalue weighted by Crippen LogP contribution is 2.19. The van der Waals surface area contributed by atoms with Crippen LogP contribution in [0.5, 0.6) is 0 Å². The molecule has 0 spiro atoms. The maximum absolute atomic E-state index is 12.1. The summed E-state index contributed by atoms with van der Waals surface area (Å²) >= 11 is 0. The number of rotatable bonds is 5. The molecule has 1 heterocycles. The molecule has 0 radical (unpaired) electrons. The van der Waals surface area contributed by atoms with Crippen molar-refractivity contribution in [3.05, 3.63) is 41.8 Å². The van der Waals surface area contributed by atoms with Crippen molar-refractivity contribution in [1.82, 2.24) is 9.88 Å². The Labute approximate surface area is 114 Å². The number of aromatic nitrogens is 1. The van der Waals surface area contributed by atoms with E-state index in [0.29, 0.717) is 5.76 Å². The number of nitrogens with two attached hydrogens (primary N) is 2. The molecule has 0 fully saturated rings. The van der Waals surface area contributed by atoms with E-state index in [9.17, 15) is 13.2 Å². The summed E-state index contributed by atoms with van der Waals surface area (Å²) in [4.78, 5) is 10.8. The van der Waals surface area contributed by atoms with Gasteiger partial charge in [-0.1, -0.05) is 5.16 Å². The minimum atomic E-state index is -3.82. The molecule has 0 unspecified atom stereocenters. The highest BCUT2D eigenvalue weighted by atomic mass is 32.2. The number of benzene rings is 1. The molecule has 1 aromatic heterocycles. The van der Waals surface area contributed by atoms with E-state index in [0.717, 1.165) is 0 Å². The fourth-order valence-electron chi connectivity index (χ4n) is 1.52. The Bertz CT molecular complexity index is 725. The second-order valence-electron chi connectivity index (χ2n) is 3.92. The molecule has 0 saturated carbocycles. The van der Waals surface area contributed by atoms with Crippen molar-refractivity contribution in [2.45, 2.75) is 11.4 Å². The van der Waals surface area contributed by atoms with Crippen LogP contribution in [0.4, 0.5) is 5.69 Å². The average molecular weight is 296 g/mol. The Hall–Kier alpha value is -2.39. The van der Waals surface area contributed by atoms with E-state index in [1.54, 1.807) is 0 Å². The molecule has 1 amide bonds. The maximum Gasteiger partial charge on any atom is 0.248 e. The minimum absolute atomic E-state index is 0.0562. The molecule has 5 N–H and O–H groups in total. The van der Waals surface area contributed by atoms with Crippen LogP contribution in [-0.4, -0.2) is 19.5 Å². The standard InChI is InChI=1S/C11H12N4O4S/c12-9-5-7(11(13)16)1-2-10(9)20(17,18)15-6-8-3-4-14-19-8/h1-5,15H,6,12H2,(H2,13,16). The summed E-state index contributed by atoms with van der Waals surface area (Å²) < 4.78 is 31.2. The van der Waals surface area contributed by atoms with Crippen LogP contribution in [0.3, 0.4) is 0 Å². The van der Waals surface area contributed by atoms with Crippen molar-refractivity contribution >= 4 is 21.6 Å². The molecule has 106 valence electrons. The van der Waals surface area contributed by atoms with Gasteiger partial charge in [0.05, 0.1) is 18.4 Å². The number of hydrogen-bond acceptors (Lipinski definition) is 6. The van der Waals surface area contributed by atoms with E-state index in [4.69, 9.17) is 16.0 Å². The third-order valence-electron chi connectivity index (χ3n) is 2.51. The highest BCUT2D eigenvalue weighted by molar-refractivity contribution is 7.89. The zero-order valence-electron chi connectivity index (χ0n) is 10.2. The molecule has 0 aliphatic carbocycles. The summed E-state index contributed by atoms with van der Waals surface area (Å²) in [6, 6.07) is 5.26. The molecule has 0 aliphatic rings. The van der Waals surface area contributed by atoms with Gasteiger partial charge in [-0.15, -0.1) is 0 Å². The Morgan fingerprint density at radius 2 is 2.10 bits per heavy atom. The topological polar surface area (TPSA) is 141 Å². The van der Waals surface area contributed by atoms with Crippen molar-refractivity contribution in [3.63, 3.8) is 0 Å². The first-order chi connectivity index (χ1) is 9.40. The number of carbonyl (C=O) groups is 1. The number of primary amides is 1. The van der Waals surface area contributed by atoms with Crippen LogP contribution in [0.1, 0.15) is 16.1 Å². The molecular weight excluding hydrogens is 284 g/mol. The molecule has 9 heteroatoms. The summed E-state index contributed by atoms with van der Waals surface area (Å²) in [5.74, 6) is -0.323. The molecule has 0 bridgehead atoms. The van der Waals surface area contributed by atoms with E-state index >= 15 is 0 Å². The van der Waals surface area contributed by atoms with Gasteiger partial charge in [-0.05, 0) is 18.2 Å². The van der Waals surface area contributed by atoms with E-state index in [1.165, 1.54) is 30.5 Å². The van der Waals surface area contributed by atoms with Crippen LogP contribution in [0, 0.1) is 0 Å². The number of hydrogen-bond donors (Lipinski definition) is 3. The Morgan fingerprint density at radius 1 is 1.35 bits per heavy atom. The first kappa shape index (κ1) is 14.0. The summed E-state index contributed by atoms with van der Waals surface area (Å²) in [5, 5.41) is 3.46. The second-order valence-corrected chi connectivity index (χ2v) is 5.66. The molecule has 0 aliphatic heterocycles. The highest BCUT2D eigenvalue weighted by Gasteiger charge is 2.18. The SMILES string of the molecule is NC(=O)c1ccc(S(=O)(=O)NCc2ccno2)c(N)c1. The van der Waals surface area contributed by atoms with Gasteiger partial charge in [0.15, 0.2) is 5.76 Å². The predicted octanol–water partition coefficient (Wildman–Crippen LogP) is -0.166. The minimum Gasteiger partial charge on any atom is -0.398 e. The quantitative estimate of drug-likeness (QED) is 0.654. The van der Waals surface area contributed by atoms with Gasteiger partial charge in [0, 0.05) is 11.6 Å². The number of amides is 1.